The van der Waals surface area contributed by atoms with Gasteiger partial charge in [-0.15, -0.1) is 0 Å². The van der Waals surface area contributed by atoms with Crippen molar-refractivity contribution >= 4 is 17.5 Å². The lowest BCUT2D eigenvalue weighted by molar-refractivity contribution is -0.156. The number of aromatic nitrogens is 3. The van der Waals surface area contributed by atoms with E-state index in [4.69, 9.17) is 0 Å². The van der Waals surface area contributed by atoms with Crippen molar-refractivity contribution in [1.29, 1.82) is 0 Å². The Morgan fingerprint density at radius 1 is 1.12 bits per heavy atom. The molecule has 0 unspecified atom stereocenters. The van der Waals surface area contributed by atoms with Crippen LogP contribution < -0.4 is 15.5 Å². The van der Waals surface area contributed by atoms with Crippen molar-refractivity contribution in [2.75, 3.05) is 29.9 Å². The predicted molar refractivity (Wildman–Crippen MR) is 102 cm³/mol. The molecular formula is C19H18F6N6O. The maximum Gasteiger partial charge on any atom is 0.416 e. The first-order chi connectivity index (χ1) is 14.9. The molecule has 13 heteroatoms. The second-order valence-electron chi connectivity index (χ2n) is 7.67. The lowest BCUT2D eigenvalue weighted by Crippen LogP contribution is -2.50. The van der Waals surface area contributed by atoms with Crippen LogP contribution in [0, 0.1) is 0 Å². The Morgan fingerprint density at radius 3 is 2.53 bits per heavy atom. The van der Waals surface area contributed by atoms with Gasteiger partial charge >= 0.3 is 12.4 Å². The van der Waals surface area contributed by atoms with Gasteiger partial charge in [-0.1, -0.05) is 0 Å². The summed E-state index contributed by atoms with van der Waals surface area (Å²) in [5, 5.41) is 5.36. The van der Waals surface area contributed by atoms with Crippen LogP contribution in [0.5, 0.6) is 0 Å². The smallest absolute Gasteiger partial charge is 0.351 e. The third kappa shape index (κ3) is 4.20. The zero-order valence-electron chi connectivity index (χ0n) is 16.7. The van der Waals surface area contributed by atoms with Crippen LogP contribution in [-0.4, -0.2) is 52.7 Å². The van der Waals surface area contributed by atoms with E-state index in [0.29, 0.717) is 25.7 Å². The first-order valence-corrected chi connectivity index (χ1v) is 9.73. The molecule has 1 saturated heterocycles. The number of nitrogens with one attached hydrogen (secondary N) is 2. The molecule has 2 aliphatic heterocycles. The summed E-state index contributed by atoms with van der Waals surface area (Å²) >= 11 is 0. The molecular weight excluding hydrogens is 442 g/mol. The van der Waals surface area contributed by atoms with E-state index in [1.165, 1.54) is 0 Å². The second kappa shape index (κ2) is 7.87. The highest BCUT2D eigenvalue weighted by atomic mass is 19.4. The molecule has 0 spiro atoms. The SMILES string of the molecule is C[C@H]1CNCCN1c1cc(C(F)(F)F)cc(-c2ncnc3c2[C@H](C(F)(F)F)CC(=O)N3)n1. The molecule has 2 aromatic heterocycles. The Morgan fingerprint density at radius 2 is 1.88 bits per heavy atom. The van der Waals surface area contributed by atoms with Crippen LogP contribution >= 0.6 is 0 Å². The van der Waals surface area contributed by atoms with Crippen molar-refractivity contribution in [2.45, 2.75) is 37.7 Å². The van der Waals surface area contributed by atoms with Gasteiger partial charge < -0.3 is 15.5 Å². The Balaban J connectivity index is 1.92. The number of anilines is 2. The molecule has 2 N–H and O–H groups in total. The van der Waals surface area contributed by atoms with Crippen molar-refractivity contribution in [3.8, 4) is 11.4 Å². The molecule has 32 heavy (non-hydrogen) atoms. The minimum Gasteiger partial charge on any atom is -0.351 e. The van der Waals surface area contributed by atoms with Gasteiger partial charge in [0.2, 0.25) is 5.91 Å². The number of amides is 1. The zero-order chi connectivity index (χ0) is 23.3. The van der Waals surface area contributed by atoms with Crippen LogP contribution in [0.4, 0.5) is 38.0 Å². The highest BCUT2D eigenvalue weighted by Crippen LogP contribution is 2.46. The maximum absolute atomic E-state index is 13.7. The summed E-state index contributed by atoms with van der Waals surface area (Å²) in [6.45, 7) is 3.20. The fourth-order valence-corrected chi connectivity index (χ4v) is 3.91. The Labute approximate surface area is 178 Å². The number of alkyl halides is 6. The van der Waals surface area contributed by atoms with E-state index in [9.17, 15) is 31.1 Å². The molecule has 0 aliphatic carbocycles. The van der Waals surface area contributed by atoms with E-state index in [2.05, 4.69) is 25.6 Å². The fourth-order valence-electron chi connectivity index (χ4n) is 3.91. The summed E-state index contributed by atoms with van der Waals surface area (Å²) in [4.78, 5) is 25.2. The second-order valence-corrected chi connectivity index (χ2v) is 7.67. The molecule has 4 heterocycles. The molecule has 0 aromatic carbocycles. The van der Waals surface area contributed by atoms with E-state index in [-0.39, 0.29) is 23.4 Å². The predicted octanol–water partition coefficient (Wildman–Crippen LogP) is 3.34. The molecule has 7 nitrogen and oxygen atoms in total. The number of nitrogens with zero attached hydrogens (tertiary/aromatic N) is 4. The number of hydrogen-bond donors (Lipinski definition) is 2. The van der Waals surface area contributed by atoms with E-state index in [0.717, 1.165) is 12.4 Å². The summed E-state index contributed by atoms with van der Waals surface area (Å²) in [5.41, 5.74) is -2.32. The fraction of sp³-hybridized carbons (Fsp3) is 0.474. The molecule has 1 amide bonds. The van der Waals surface area contributed by atoms with Crippen molar-refractivity contribution in [3.63, 3.8) is 0 Å². The van der Waals surface area contributed by atoms with Gasteiger partial charge in [0.05, 0.1) is 22.9 Å². The minimum atomic E-state index is -4.83. The van der Waals surface area contributed by atoms with E-state index >= 15 is 0 Å². The summed E-state index contributed by atoms with van der Waals surface area (Å²) in [6, 6.07) is 1.36. The molecule has 1 fully saturated rings. The highest BCUT2D eigenvalue weighted by molar-refractivity contribution is 5.95. The monoisotopic (exact) mass is 460 g/mol. The summed E-state index contributed by atoms with van der Waals surface area (Å²) < 4.78 is 82.2. The molecule has 0 radical (unpaired) electrons. The molecule has 2 atom stereocenters. The van der Waals surface area contributed by atoms with Gasteiger partial charge in [0.1, 0.15) is 18.0 Å². The average Bonchev–Trinajstić information content (AvgIpc) is 2.71. The van der Waals surface area contributed by atoms with Crippen molar-refractivity contribution in [1.82, 2.24) is 20.3 Å². The van der Waals surface area contributed by atoms with Crippen LogP contribution in [-0.2, 0) is 11.0 Å². The normalized spacial score (nSPS) is 21.8. The van der Waals surface area contributed by atoms with E-state index < -0.39 is 47.4 Å². The van der Waals surface area contributed by atoms with Crippen LogP contribution in [0.15, 0.2) is 18.5 Å². The Kier molecular flexibility index (Phi) is 5.47. The number of fused-ring (bicyclic) bond motifs is 1. The number of pyridine rings is 1. The van der Waals surface area contributed by atoms with Crippen LogP contribution in [0.3, 0.4) is 0 Å². The van der Waals surface area contributed by atoms with Gasteiger partial charge in [-0.2, -0.15) is 26.3 Å². The Bertz CT molecular complexity index is 1040. The molecule has 0 bridgehead atoms. The first-order valence-electron chi connectivity index (χ1n) is 9.73. The third-order valence-electron chi connectivity index (χ3n) is 5.45. The Hall–Kier alpha value is -2.96. The molecule has 2 aromatic rings. The van der Waals surface area contributed by atoms with Crippen molar-refractivity contribution in [3.05, 3.63) is 29.6 Å². The number of rotatable bonds is 2. The van der Waals surface area contributed by atoms with Crippen molar-refractivity contribution in [2.24, 2.45) is 0 Å². The van der Waals surface area contributed by atoms with Crippen LogP contribution in [0.25, 0.3) is 11.4 Å². The number of halogens is 6. The average molecular weight is 460 g/mol. The quantitative estimate of drug-likeness (QED) is 0.669. The number of carbonyl (C=O) groups is 1. The molecule has 2 aliphatic rings. The summed E-state index contributed by atoms with van der Waals surface area (Å²) in [6.07, 6.45) is -9.61. The number of hydrogen-bond acceptors (Lipinski definition) is 6. The molecule has 4 rings (SSSR count). The van der Waals surface area contributed by atoms with Gasteiger partial charge in [0, 0.05) is 37.7 Å². The van der Waals surface area contributed by atoms with Gasteiger partial charge in [-0.05, 0) is 19.1 Å². The molecule has 0 saturated carbocycles. The largest absolute Gasteiger partial charge is 0.416 e. The van der Waals surface area contributed by atoms with Gasteiger partial charge in [-0.3, -0.25) is 4.79 Å². The minimum absolute atomic E-state index is 0.0143. The van der Waals surface area contributed by atoms with Crippen molar-refractivity contribution < 1.29 is 31.1 Å². The van der Waals surface area contributed by atoms with E-state index in [1.54, 1.807) is 11.8 Å². The topological polar surface area (TPSA) is 83.0 Å². The third-order valence-corrected chi connectivity index (χ3v) is 5.45. The van der Waals surface area contributed by atoms with Gasteiger partial charge in [0.15, 0.2) is 0 Å². The van der Waals surface area contributed by atoms with Gasteiger partial charge in [0.25, 0.3) is 0 Å². The number of piperazine rings is 1. The van der Waals surface area contributed by atoms with E-state index in [1.807, 2.05) is 0 Å². The lowest BCUT2D eigenvalue weighted by Gasteiger charge is -2.35. The maximum atomic E-state index is 13.7. The molecule has 172 valence electrons. The van der Waals surface area contributed by atoms with Crippen LogP contribution in [0.1, 0.15) is 30.4 Å². The summed E-state index contributed by atoms with van der Waals surface area (Å²) in [7, 11) is 0. The summed E-state index contributed by atoms with van der Waals surface area (Å²) in [5.74, 6) is -3.55. The standard InChI is InChI=1S/C19H18F6N6O/c1-9-7-26-2-3-31(9)13-5-10(18(20,21)22)4-12(29-13)16-15-11(19(23,24)25)6-14(32)30-17(15)28-8-27-16/h4-5,8-9,11,26H,2-3,6-7H2,1H3,(H,27,28,30,32)/t9-,11+/m0/s1. The first kappa shape index (κ1) is 22.2. The van der Waals surface area contributed by atoms with Crippen LogP contribution in [0.2, 0.25) is 0 Å². The lowest BCUT2D eigenvalue weighted by atomic mass is 9.89. The number of carbonyl (C=O) groups excluding carboxylic acids is 1. The zero-order valence-corrected chi connectivity index (χ0v) is 16.7. The highest BCUT2D eigenvalue weighted by Gasteiger charge is 2.47. The van der Waals surface area contributed by atoms with Gasteiger partial charge in [-0.25, -0.2) is 15.0 Å².